The first kappa shape index (κ1) is 46.2. The summed E-state index contributed by atoms with van der Waals surface area (Å²) in [5.41, 5.74) is 6.37. The molecule has 1 aliphatic rings. The fourth-order valence-corrected chi connectivity index (χ4v) is 9.47. The Kier molecular flexibility index (Phi) is 17.8. The van der Waals surface area contributed by atoms with Crippen molar-refractivity contribution >= 4 is 27.5 Å². The van der Waals surface area contributed by atoms with Crippen molar-refractivity contribution < 1.29 is 19.4 Å². The van der Waals surface area contributed by atoms with Crippen molar-refractivity contribution in [3.05, 3.63) is 167 Å². The summed E-state index contributed by atoms with van der Waals surface area (Å²) in [6, 6.07) is 46.7. The second-order valence-corrected chi connectivity index (χ2v) is 17.9. The number of ether oxygens (including phenoxy) is 2. The van der Waals surface area contributed by atoms with E-state index in [0.29, 0.717) is 19.5 Å². The molecule has 0 aromatic heterocycles. The molecule has 0 bridgehead atoms. The van der Waals surface area contributed by atoms with Gasteiger partial charge in [0.05, 0.1) is 18.8 Å². The van der Waals surface area contributed by atoms with Gasteiger partial charge in [-0.1, -0.05) is 211 Å². The van der Waals surface area contributed by atoms with Crippen molar-refractivity contribution in [2.75, 3.05) is 13.6 Å². The first-order valence-corrected chi connectivity index (χ1v) is 24.0. The summed E-state index contributed by atoms with van der Waals surface area (Å²) < 4.78 is 14.1. The lowest BCUT2D eigenvalue weighted by Crippen LogP contribution is -2.43. The maximum Gasteiger partial charge on any atom is 0.220 e. The van der Waals surface area contributed by atoms with Gasteiger partial charge in [-0.2, -0.15) is 0 Å². The number of amides is 1. The normalized spacial score (nSPS) is 17.7. The SMILES string of the molecule is CCCCCCCCCCCCCCCC(=O)NCc1ccc(C2O[C@H](CN(C)Cc3c4ccccc4cc4ccccc34)[C@@H](c3ccccc3)[C@H](c3ccc(CO)cc3)O2)cc1. The quantitative estimate of drug-likeness (QED) is 0.0469. The lowest BCUT2D eigenvalue weighted by molar-refractivity contribution is -0.263. The van der Waals surface area contributed by atoms with Gasteiger partial charge in [0.25, 0.3) is 0 Å². The Morgan fingerprint density at radius 1 is 0.603 bits per heavy atom. The topological polar surface area (TPSA) is 71.0 Å². The Labute approximate surface area is 377 Å². The van der Waals surface area contributed by atoms with Gasteiger partial charge >= 0.3 is 0 Å². The van der Waals surface area contributed by atoms with Crippen molar-refractivity contribution in [1.82, 2.24) is 10.2 Å². The van der Waals surface area contributed by atoms with Crippen LogP contribution in [0.4, 0.5) is 0 Å². The lowest BCUT2D eigenvalue weighted by Gasteiger charge is -2.44. The van der Waals surface area contributed by atoms with E-state index in [1.54, 1.807) is 0 Å². The van der Waals surface area contributed by atoms with E-state index in [0.717, 1.165) is 47.2 Å². The molecule has 0 saturated carbocycles. The fourth-order valence-electron chi connectivity index (χ4n) is 9.47. The minimum atomic E-state index is -0.608. The summed E-state index contributed by atoms with van der Waals surface area (Å²) >= 11 is 0. The number of rotatable bonds is 24. The van der Waals surface area contributed by atoms with E-state index in [-0.39, 0.29) is 30.6 Å². The van der Waals surface area contributed by atoms with Crippen LogP contribution < -0.4 is 5.32 Å². The highest BCUT2D eigenvalue weighted by Gasteiger charge is 2.42. The zero-order chi connectivity index (χ0) is 43.6. The number of likely N-dealkylation sites (N-methyl/N-ethyl adjacent to an activating group) is 1. The Morgan fingerprint density at radius 2 is 1.14 bits per heavy atom. The number of nitrogens with one attached hydrogen (secondary N) is 1. The van der Waals surface area contributed by atoms with E-state index in [9.17, 15) is 9.90 Å². The number of carbonyl (C=O) groups is 1. The molecule has 6 heteroatoms. The molecule has 1 heterocycles. The van der Waals surface area contributed by atoms with Gasteiger partial charge in [-0.3, -0.25) is 9.69 Å². The predicted molar refractivity (Wildman–Crippen MR) is 259 cm³/mol. The van der Waals surface area contributed by atoms with Crippen LogP contribution in [0.5, 0.6) is 0 Å². The third kappa shape index (κ3) is 13.1. The molecule has 6 aromatic rings. The van der Waals surface area contributed by atoms with Gasteiger partial charge in [0.15, 0.2) is 6.29 Å². The number of fused-ring (bicyclic) bond motifs is 2. The molecule has 4 atom stereocenters. The molecule has 6 aromatic carbocycles. The summed E-state index contributed by atoms with van der Waals surface area (Å²) in [6.07, 6.45) is 16.3. The Morgan fingerprint density at radius 3 is 1.75 bits per heavy atom. The molecule has 6 nitrogen and oxygen atoms in total. The minimum Gasteiger partial charge on any atom is -0.392 e. The van der Waals surface area contributed by atoms with Gasteiger partial charge in [-0.15, -0.1) is 0 Å². The number of nitrogens with zero attached hydrogens (tertiary/aromatic N) is 1. The second kappa shape index (κ2) is 24.3. The highest BCUT2D eigenvalue weighted by atomic mass is 16.7. The zero-order valence-corrected chi connectivity index (χ0v) is 37.9. The van der Waals surface area contributed by atoms with E-state index < -0.39 is 6.29 Å². The molecule has 1 saturated heterocycles. The van der Waals surface area contributed by atoms with Crippen molar-refractivity contribution in [3.63, 3.8) is 0 Å². The van der Waals surface area contributed by atoms with Gasteiger partial charge < -0.3 is 19.9 Å². The van der Waals surface area contributed by atoms with Crippen molar-refractivity contribution in [1.29, 1.82) is 0 Å². The number of aliphatic hydroxyl groups is 1. The van der Waals surface area contributed by atoms with Crippen LogP contribution in [0.1, 0.15) is 149 Å². The minimum absolute atomic E-state index is 0.0117. The zero-order valence-electron chi connectivity index (χ0n) is 37.9. The van der Waals surface area contributed by atoms with E-state index in [1.807, 2.05) is 12.1 Å². The molecular weight excluding hydrogens is 777 g/mol. The van der Waals surface area contributed by atoms with E-state index in [2.05, 4.69) is 146 Å². The van der Waals surface area contributed by atoms with Gasteiger partial charge in [0.2, 0.25) is 5.91 Å². The first-order chi connectivity index (χ1) is 31.0. The molecule has 332 valence electrons. The van der Waals surface area contributed by atoms with Gasteiger partial charge in [0.1, 0.15) is 0 Å². The standard InChI is InChI=1S/C57H70N2O4/c1-3-4-5-6-7-8-9-10-11-12-13-14-18-29-54(61)58-39-43-30-36-47(37-31-43)57-62-53(55(45-23-16-15-17-24-45)56(63-57)46-34-32-44(42-60)33-35-46)41-59(2)40-52-50-27-21-19-25-48(50)38-49-26-20-22-28-51(49)52/h15-17,19-28,30-38,53,55-57,60H,3-14,18,29,39-42H2,1-2H3,(H,58,61)/t53-,55-,56+,57?/m1/s1. The van der Waals surface area contributed by atoms with Crippen LogP contribution in [0.25, 0.3) is 21.5 Å². The highest BCUT2D eigenvalue weighted by Crippen LogP contribution is 2.47. The maximum absolute atomic E-state index is 12.8. The van der Waals surface area contributed by atoms with Crippen LogP contribution in [0.2, 0.25) is 0 Å². The summed E-state index contributed by atoms with van der Waals surface area (Å²) in [7, 11) is 2.19. The summed E-state index contributed by atoms with van der Waals surface area (Å²) in [5.74, 6) is 0.0186. The number of hydrogen-bond donors (Lipinski definition) is 2. The Balaban J connectivity index is 1.000. The van der Waals surface area contributed by atoms with Crippen molar-refractivity contribution in [2.24, 2.45) is 0 Å². The molecule has 63 heavy (non-hydrogen) atoms. The molecule has 0 aliphatic carbocycles. The molecule has 1 unspecified atom stereocenters. The van der Waals surface area contributed by atoms with Crippen molar-refractivity contribution in [3.8, 4) is 0 Å². The largest absolute Gasteiger partial charge is 0.392 e. The number of carbonyl (C=O) groups excluding carboxylic acids is 1. The predicted octanol–water partition coefficient (Wildman–Crippen LogP) is 13.7. The van der Waals surface area contributed by atoms with Gasteiger partial charge in [-0.05, 0) is 68.9 Å². The monoisotopic (exact) mass is 847 g/mol. The molecular formula is C57H70N2O4. The molecule has 2 N–H and O–H groups in total. The van der Waals surface area contributed by atoms with Crippen LogP contribution in [0, 0.1) is 0 Å². The molecule has 1 amide bonds. The third-order valence-electron chi connectivity index (χ3n) is 13.0. The first-order valence-electron chi connectivity index (χ1n) is 24.0. The summed E-state index contributed by atoms with van der Waals surface area (Å²) in [5, 5.41) is 18.1. The van der Waals surface area contributed by atoms with E-state index in [1.165, 1.54) is 97.7 Å². The van der Waals surface area contributed by atoms with Gasteiger partial charge in [0, 0.05) is 37.5 Å². The highest BCUT2D eigenvalue weighted by molar-refractivity contribution is 6.02. The summed E-state index contributed by atoms with van der Waals surface area (Å²) in [4.78, 5) is 15.2. The number of benzene rings is 6. The molecule has 0 radical (unpaired) electrons. The third-order valence-corrected chi connectivity index (χ3v) is 13.0. The lowest BCUT2D eigenvalue weighted by atomic mass is 9.83. The van der Waals surface area contributed by atoms with Crippen LogP contribution >= 0.6 is 0 Å². The van der Waals surface area contributed by atoms with Crippen LogP contribution in [-0.4, -0.2) is 35.6 Å². The molecule has 0 spiro atoms. The number of aliphatic hydroxyl groups excluding tert-OH is 1. The Bertz CT molecular complexity index is 2220. The number of unbranched alkanes of at least 4 members (excludes halogenated alkanes) is 12. The smallest absolute Gasteiger partial charge is 0.220 e. The average molecular weight is 847 g/mol. The Hall–Kier alpha value is -4.85. The van der Waals surface area contributed by atoms with Crippen molar-refractivity contribution in [2.45, 2.75) is 141 Å². The second-order valence-electron chi connectivity index (χ2n) is 17.9. The van der Waals surface area contributed by atoms with Crippen LogP contribution in [0.3, 0.4) is 0 Å². The molecule has 1 fully saturated rings. The van der Waals surface area contributed by atoms with E-state index >= 15 is 0 Å². The molecule has 1 aliphatic heterocycles. The molecule has 7 rings (SSSR count). The van der Waals surface area contributed by atoms with Crippen LogP contribution in [-0.2, 0) is 34.0 Å². The summed E-state index contributed by atoms with van der Waals surface area (Å²) in [6.45, 7) is 4.19. The van der Waals surface area contributed by atoms with Gasteiger partial charge in [-0.25, -0.2) is 0 Å². The average Bonchev–Trinajstić information content (AvgIpc) is 3.32. The number of hydrogen-bond acceptors (Lipinski definition) is 5. The van der Waals surface area contributed by atoms with E-state index in [4.69, 9.17) is 9.47 Å². The maximum atomic E-state index is 12.8. The fraction of sp³-hybridized carbons (Fsp3) is 0.421. The van der Waals surface area contributed by atoms with Crippen LogP contribution in [0.15, 0.2) is 133 Å².